The Bertz CT molecular complexity index is 1390. The molecule has 0 aromatic heterocycles. The molecule has 5 heteroatoms. The summed E-state index contributed by atoms with van der Waals surface area (Å²) >= 11 is 0. The predicted octanol–water partition coefficient (Wildman–Crippen LogP) is 7.85. The van der Waals surface area contributed by atoms with Gasteiger partial charge in [-0.05, 0) is 54.3 Å². The number of fused-ring (bicyclic) bond motifs is 1. The second-order valence-corrected chi connectivity index (χ2v) is 11.6. The van der Waals surface area contributed by atoms with E-state index in [1.807, 2.05) is 24.3 Å². The predicted molar refractivity (Wildman–Crippen MR) is 171 cm³/mol. The van der Waals surface area contributed by atoms with E-state index in [1.165, 1.54) is 42.5 Å². The maximum atomic E-state index is 6.37. The Morgan fingerprint density at radius 1 is 0.674 bits per heavy atom. The molecular formula is C38H43NO4. The first-order valence-electron chi connectivity index (χ1n) is 15.8. The van der Waals surface area contributed by atoms with E-state index in [4.69, 9.17) is 18.9 Å². The third-order valence-corrected chi connectivity index (χ3v) is 8.60. The van der Waals surface area contributed by atoms with Crippen molar-refractivity contribution in [1.29, 1.82) is 0 Å². The van der Waals surface area contributed by atoms with Gasteiger partial charge in [0.05, 0.1) is 26.4 Å². The van der Waals surface area contributed by atoms with Crippen LogP contribution in [0.2, 0.25) is 0 Å². The Kier molecular flexibility index (Phi) is 10.3. The summed E-state index contributed by atoms with van der Waals surface area (Å²) in [6, 6.07) is 36.0. The van der Waals surface area contributed by atoms with Crippen LogP contribution in [0.1, 0.15) is 59.8 Å². The van der Waals surface area contributed by atoms with Crippen LogP contribution in [0.3, 0.4) is 0 Å². The van der Waals surface area contributed by atoms with Crippen molar-refractivity contribution in [2.24, 2.45) is 0 Å². The van der Waals surface area contributed by atoms with E-state index >= 15 is 0 Å². The first-order valence-corrected chi connectivity index (χ1v) is 15.8. The van der Waals surface area contributed by atoms with Crippen molar-refractivity contribution in [3.05, 3.63) is 125 Å². The van der Waals surface area contributed by atoms with Crippen LogP contribution in [0.15, 0.2) is 103 Å². The second-order valence-electron chi connectivity index (χ2n) is 11.6. The molecule has 0 unspecified atom stereocenters. The van der Waals surface area contributed by atoms with Crippen molar-refractivity contribution in [2.45, 2.75) is 44.1 Å². The molecule has 0 aliphatic carbocycles. The highest BCUT2D eigenvalue weighted by Gasteiger charge is 2.33. The van der Waals surface area contributed by atoms with E-state index in [-0.39, 0.29) is 11.8 Å². The van der Waals surface area contributed by atoms with Gasteiger partial charge in [0.2, 0.25) is 0 Å². The van der Waals surface area contributed by atoms with Gasteiger partial charge in [-0.3, -0.25) is 4.90 Å². The lowest BCUT2D eigenvalue weighted by molar-refractivity contribution is 0.0371. The summed E-state index contributed by atoms with van der Waals surface area (Å²) in [6.07, 6.45) is 4.80. The molecule has 2 aliphatic rings. The molecule has 2 aliphatic heterocycles. The summed E-state index contributed by atoms with van der Waals surface area (Å²) < 4.78 is 24.1. The summed E-state index contributed by atoms with van der Waals surface area (Å²) in [5, 5.41) is 0. The molecule has 0 radical (unpaired) electrons. The van der Waals surface area contributed by atoms with E-state index in [2.05, 4.69) is 83.8 Å². The van der Waals surface area contributed by atoms with Crippen LogP contribution in [0.25, 0.3) is 0 Å². The largest absolute Gasteiger partial charge is 0.494 e. The van der Waals surface area contributed by atoms with Crippen LogP contribution in [0.5, 0.6) is 17.2 Å². The number of ether oxygens (including phenoxy) is 4. The summed E-state index contributed by atoms with van der Waals surface area (Å²) in [5.74, 6) is 3.05. The second kappa shape index (κ2) is 15.1. The molecule has 0 bridgehead atoms. The molecular weight excluding hydrogens is 534 g/mol. The highest BCUT2D eigenvalue weighted by Crippen LogP contribution is 2.47. The van der Waals surface area contributed by atoms with Crippen molar-refractivity contribution in [3.8, 4) is 17.2 Å². The van der Waals surface area contributed by atoms with Crippen LogP contribution >= 0.6 is 0 Å². The van der Waals surface area contributed by atoms with Gasteiger partial charge < -0.3 is 18.9 Å². The SMILES string of the molecule is c1ccc(COc2ccc3c(c2)OC[C@@H](c2ccccc2)[C@H]3c2ccc(OCCCCCCN3CCOCC3)cc2)cc1. The number of rotatable bonds is 13. The van der Waals surface area contributed by atoms with E-state index in [0.717, 1.165) is 62.1 Å². The number of unbranched alkanes of at least 4 members (excludes halogenated alkanes) is 3. The van der Waals surface area contributed by atoms with Gasteiger partial charge in [-0.2, -0.15) is 0 Å². The number of nitrogens with zero attached hydrogens (tertiary/aromatic N) is 1. The zero-order valence-corrected chi connectivity index (χ0v) is 25.0. The molecule has 1 fully saturated rings. The minimum atomic E-state index is 0.176. The monoisotopic (exact) mass is 577 g/mol. The number of hydrogen-bond donors (Lipinski definition) is 0. The normalized spacial score (nSPS) is 18.4. The molecule has 0 saturated carbocycles. The highest BCUT2D eigenvalue weighted by atomic mass is 16.5. The Morgan fingerprint density at radius 2 is 1.40 bits per heavy atom. The van der Waals surface area contributed by atoms with Crippen molar-refractivity contribution in [2.75, 3.05) is 46.1 Å². The van der Waals surface area contributed by atoms with Crippen LogP contribution in [0, 0.1) is 0 Å². The van der Waals surface area contributed by atoms with Crippen LogP contribution in [0.4, 0.5) is 0 Å². The van der Waals surface area contributed by atoms with Gasteiger partial charge in [-0.15, -0.1) is 0 Å². The lowest BCUT2D eigenvalue weighted by Crippen LogP contribution is -2.36. The zero-order valence-electron chi connectivity index (χ0n) is 25.0. The summed E-state index contributed by atoms with van der Waals surface area (Å²) in [6.45, 7) is 7.02. The third-order valence-electron chi connectivity index (χ3n) is 8.60. The first kappa shape index (κ1) is 29.3. The van der Waals surface area contributed by atoms with Gasteiger partial charge in [0.15, 0.2) is 0 Å². The number of benzene rings is 4. The molecule has 0 N–H and O–H groups in total. The molecule has 0 amide bonds. The van der Waals surface area contributed by atoms with Crippen LogP contribution < -0.4 is 14.2 Å². The molecule has 4 aromatic rings. The molecule has 1 saturated heterocycles. The molecule has 2 atom stereocenters. The molecule has 6 rings (SSSR count). The highest BCUT2D eigenvalue weighted by molar-refractivity contribution is 5.51. The fourth-order valence-electron chi connectivity index (χ4n) is 6.20. The van der Waals surface area contributed by atoms with Crippen molar-refractivity contribution >= 4 is 0 Å². The van der Waals surface area contributed by atoms with E-state index in [9.17, 15) is 0 Å². The average Bonchev–Trinajstić information content (AvgIpc) is 3.08. The maximum Gasteiger partial charge on any atom is 0.126 e. The fourth-order valence-corrected chi connectivity index (χ4v) is 6.20. The fraction of sp³-hybridized carbons (Fsp3) is 0.368. The lowest BCUT2D eigenvalue weighted by atomic mass is 9.76. The van der Waals surface area contributed by atoms with Crippen molar-refractivity contribution in [1.82, 2.24) is 4.90 Å². The molecule has 0 spiro atoms. The maximum absolute atomic E-state index is 6.37. The topological polar surface area (TPSA) is 40.2 Å². The summed E-state index contributed by atoms with van der Waals surface area (Å²) in [7, 11) is 0. The lowest BCUT2D eigenvalue weighted by Gasteiger charge is -2.34. The minimum absolute atomic E-state index is 0.176. The molecule has 4 aromatic carbocycles. The standard InChI is InChI=1S/C38H43NO4/c1(9-21-39-22-25-40-26-23-39)2-10-24-41-33-17-15-32(16-18-33)38-35-20-19-34(42-28-30-11-5-3-6-12-30)27-37(35)43-29-36(38)31-13-7-4-8-14-31/h3-8,11-20,27,36,38H,1-2,9-10,21-26,28-29H2/t36-,38-/m0/s1. The van der Waals surface area contributed by atoms with Gasteiger partial charge in [0.25, 0.3) is 0 Å². The van der Waals surface area contributed by atoms with Crippen molar-refractivity contribution < 1.29 is 18.9 Å². The van der Waals surface area contributed by atoms with Gasteiger partial charge in [-0.1, -0.05) is 91.7 Å². The minimum Gasteiger partial charge on any atom is -0.494 e. The summed E-state index contributed by atoms with van der Waals surface area (Å²) in [5.41, 5.74) is 4.90. The van der Waals surface area contributed by atoms with Gasteiger partial charge in [0.1, 0.15) is 23.9 Å². The smallest absolute Gasteiger partial charge is 0.126 e. The molecule has 43 heavy (non-hydrogen) atoms. The Morgan fingerprint density at radius 3 is 2.19 bits per heavy atom. The summed E-state index contributed by atoms with van der Waals surface area (Å²) in [4.78, 5) is 2.51. The van der Waals surface area contributed by atoms with Crippen LogP contribution in [-0.2, 0) is 11.3 Å². The van der Waals surface area contributed by atoms with Gasteiger partial charge in [0, 0.05) is 36.6 Å². The van der Waals surface area contributed by atoms with E-state index < -0.39 is 0 Å². The van der Waals surface area contributed by atoms with Gasteiger partial charge in [-0.25, -0.2) is 0 Å². The van der Waals surface area contributed by atoms with E-state index in [0.29, 0.717) is 13.2 Å². The molecule has 2 heterocycles. The average molecular weight is 578 g/mol. The zero-order chi connectivity index (χ0) is 29.1. The molecule has 224 valence electrons. The van der Waals surface area contributed by atoms with E-state index in [1.54, 1.807) is 0 Å². The Hall–Kier alpha value is -3.80. The quantitative estimate of drug-likeness (QED) is 0.151. The number of hydrogen-bond acceptors (Lipinski definition) is 5. The van der Waals surface area contributed by atoms with Crippen molar-refractivity contribution in [3.63, 3.8) is 0 Å². The third kappa shape index (κ3) is 7.98. The van der Waals surface area contributed by atoms with Crippen LogP contribution in [-0.4, -0.2) is 51.0 Å². The first-order chi connectivity index (χ1) is 21.3. The Labute approximate surface area is 256 Å². The van der Waals surface area contributed by atoms with Gasteiger partial charge >= 0.3 is 0 Å². The number of morpholine rings is 1. The Balaban J connectivity index is 1.08. The molecule has 5 nitrogen and oxygen atoms in total.